The molecule has 0 fully saturated rings. The number of aryl methyl sites for hydroxylation is 2. The Morgan fingerprint density at radius 3 is 2.19 bits per heavy atom. The van der Waals surface area contributed by atoms with Crippen LogP contribution in [0.5, 0.6) is 11.5 Å². The lowest BCUT2D eigenvalue weighted by Crippen LogP contribution is -2.23. The first-order valence-electron chi connectivity index (χ1n) is 8.35. The van der Waals surface area contributed by atoms with Gasteiger partial charge in [0.05, 0.1) is 39.1 Å². The van der Waals surface area contributed by atoms with Crippen LogP contribution >= 0.6 is 0 Å². The molecule has 2 N–H and O–H groups in total. The van der Waals surface area contributed by atoms with Gasteiger partial charge in [-0.1, -0.05) is 6.07 Å². The molecule has 2 aromatic carbocycles. The predicted molar refractivity (Wildman–Crippen MR) is 104 cm³/mol. The highest BCUT2D eigenvalue weighted by Gasteiger charge is 2.18. The van der Waals surface area contributed by atoms with Crippen LogP contribution in [0.4, 0.5) is 11.4 Å². The standard InChI is InChI=1S/C20H24N2O5/c1-12-6-7-14(8-13(12)2)22-19(23)11-21-16-10-18(26-4)17(25-3)9-15(16)20(24)27-5/h6-10,21H,11H2,1-5H3,(H,22,23). The Balaban J connectivity index is 2.16. The van der Waals surface area contributed by atoms with E-state index in [4.69, 9.17) is 14.2 Å². The Morgan fingerprint density at radius 1 is 0.926 bits per heavy atom. The highest BCUT2D eigenvalue weighted by Crippen LogP contribution is 2.33. The van der Waals surface area contributed by atoms with Gasteiger partial charge in [-0.05, 0) is 37.1 Å². The highest BCUT2D eigenvalue weighted by molar-refractivity contribution is 5.99. The van der Waals surface area contributed by atoms with Crippen LogP contribution in [0.3, 0.4) is 0 Å². The van der Waals surface area contributed by atoms with Crippen LogP contribution in [0, 0.1) is 13.8 Å². The van der Waals surface area contributed by atoms with Crippen LogP contribution in [0.1, 0.15) is 21.5 Å². The minimum Gasteiger partial charge on any atom is -0.493 e. The number of methoxy groups -OCH3 is 3. The van der Waals surface area contributed by atoms with Gasteiger partial charge in [-0.25, -0.2) is 4.79 Å². The summed E-state index contributed by atoms with van der Waals surface area (Å²) in [6.45, 7) is 3.95. The fraction of sp³-hybridized carbons (Fsp3) is 0.300. The molecule has 0 saturated carbocycles. The number of anilines is 2. The van der Waals surface area contributed by atoms with Gasteiger partial charge in [0.1, 0.15) is 0 Å². The van der Waals surface area contributed by atoms with Crippen molar-refractivity contribution >= 4 is 23.3 Å². The van der Waals surface area contributed by atoms with Crippen LogP contribution in [-0.2, 0) is 9.53 Å². The van der Waals surface area contributed by atoms with Crippen molar-refractivity contribution in [1.82, 2.24) is 0 Å². The monoisotopic (exact) mass is 372 g/mol. The molecule has 0 radical (unpaired) electrons. The minimum absolute atomic E-state index is 0.0353. The maximum Gasteiger partial charge on any atom is 0.340 e. The Morgan fingerprint density at radius 2 is 1.59 bits per heavy atom. The summed E-state index contributed by atoms with van der Waals surface area (Å²) >= 11 is 0. The number of amides is 1. The van der Waals surface area contributed by atoms with E-state index in [-0.39, 0.29) is 18.0 Å². The maximum atomic E-state index is 12.3. The number of carbonyl (C=O) groups excluding carboxylic acids is 2. The second kappa shape index (κ2) is 8.93. The molecule has 0 bridgehead atoms. The minimum atomic E-state index is -0.548. The molecule has 0 saturated heterocycles. The zero-order valence-corrected chi connectivity index (χ0v) is 16.1. The van der Waals surface area contributed by atoms with Gasteiger partial charge in [0.15, 0.2) is 11.5 Å². The van der Waals surface area contributed by atoms with Gasteiger partial charge in [-0.3, -0.25) is 4.79 Å². The molecule has 2 aromatic rings. The summed E-state index contributed by atoms with van der Waals surface area (Å²) in [6.07, 6.45) is 0. The molecule has 0 aliphatic heterocycles. The summed E-state index contributed by atoms with van der Waals surface area (Å²) in [5.41, 5.74) is 3.61. The van der Waals surface area contributed by atoms with E-state index in [9.17, 15) is 9.59 Å². The first-order valence-corrected chi connectivity index (χ1v) is 8.35. The van der Waals surface area contributed by atoms with Crippen molar-refractivity contribution in [2.75, 3.05) is 38.5 Å². The molecular formula is C20H24N2O5. The van der Waals surface area contributed by atoms with E-state index in [0.717, 1.165) is 11.1 Å². The maximum absolute atomic E-state index is 12.3. The Hall–Kier alpha value is -3.22. The molecule has 0 atom stereocenters. The van der Waals surface area contributed by atoms with Crippen molar-refractivity contribution in [2.24, 2.45) is 0 Å². The van der Waals surface area contributed by atoms with Crippen molar-refractivity contribution in [2.45, 2.75) is 13.8 Å². The number of hydrogen-bond acceptors (Lipinski definition) is 6. The van der Waals surface area contributed by atoms with E-state index in [1.807, 2.05) is 32.0 Å². The fourth-order valence-corrected chi connectivity index (χ4v) is 2.50. The summed E-state index contributed by atoms with van der Waals surface area (Å²) in [7, 11) is 4.25. The van der Waals surface area contributed by atoms with E-state index in [0.29, 0.717) is 22.9 Å². The normalized spacial score (nSPS) is 10.1. The summed E-state index contributed by atoms with van der Waals surface area (Å²) < 4.78 is 15.3. The highest BCUT2D eigenvalue weighted by atomic mass is 16.5. The lowest BCUT2D eigenvalue weighted by molar-refractivity contribution is -0.114. The van der Waals surface area contributed by atoms with Crippen molar-refractivity contribution in [3.8, 4) is 11.5 Å². The fourth-order valence-electron chi connectivity index (χ4n) is 2.50. The Bertz CT molecular complexity index is 849. The third-order valence-corrected chi connectivity index (χ3v) is 4.16. The number of benzene rings is 2. The lowest BCUT2D eigenvalue weighted by Gasteiger charge is -2.15. The molecule has 0 aliphatic rings. The summed E-state index contributed by atoms with van der Waals surface area (Å²) in [4.78, 5) is 24.3. The Kier molecular flexibility index (Phi) is 6.65. The number of esters is 1. The van der Waals surface area contributed by atoms with Crippen LogP contribution in [0.2, 0.25) is 0 Å². The first kappa shape index (κ1) is 20.1. The molecule has 144 valence electrons. The zero-order chi connectivity index (χ0) is 20.0. The quantitative estimate of drug-likeness (QED) is 0.726. The average Bonchev–Trinajstić information content (AvgIpc) is 2.67. The van der Waals surface area contributed by atoms with Gasteiger partial charge >= 0.3 is 5.97 Å². The summed E-state index contributed by atoms with van der Waals surface area (Å²) in [5.74, 6) is 0.0297. The number of carbonyl (C=O) groups is 2. The van der Waals surface area contributed by atoms with E-state index >= 15 is 0 Å². The molecule has 2 rings (SSSR count). The molecule has 27 heavy (non-hydrogen) atoms. The molecule has 7 heteroatoms. The number of hydrogen-bond donors (Lipinski definition) is 2. The summed E-state index contributed by atoms with van der Waals surface area (Å²) in [6, 6.07) is 8.80. The third kappa shape index (κ3) is 4.91. The number of rotatable bonds is 7. The van der Waals surface area contributed by atoms with E-state index in [2.05, 4.69) is 10.6 Å². The summed E-state index contributed by atoms with van der Waals surface area (Å²) in [5, 5.41) is 5.77. The van der Waals surface area contributed by atoms with Crippen LogP contribution in [0.25, 0.3) is 0 Å². The molecule has 1 amide bonds. The van der Waals surface area contributed by atoms with Gasteiger partial charge in [0.2, 0.25) is 5.91 Å². The third-order valence-electron chi connectivity index (χ3n) is 4.16. The van der Waals surface area contributed by atoms with Crippen molar-refractivity contribution in [1.29, 1.82) is 0 Å². The van der Waals surface area contributed by atoms with Gasteiger partial charge in [-0.15, -0.1) is 0 Å². The predicted octanol–water partition coefficient (Wildman–Crippen LogP) is 3.16. The SMILES string of the molecule is COC(=O)c1cc(OC)c(OC)cc1NCC(=O)Nc1ccc(C)c(C)c1. The van der Waals surface area contributed by atoms with E-state index in [1.165, 1.54) is 27.4 Å². The van der Waals surface area contributed by atoms with Gasteiger partial charge in [0.25, 0.3) is 0 Å². The van der Waals surface area contributed by atoms with Crippen LogP contribution in [-0.4, -0.2) is 39.8 Å². The van der Waals surface area contributed by atoms with Gasteiger partial charge in [0, 0.05) is 17.8 Å². The molecule has 0 aliphatic carbocycles. The molecule has 0 unspecified atom stereocenters. The average molecular weight is 372 g/mol. The number of nitrogens with one attached hydrogen (secondary N) is 2. The second-order valence-corrected chi connectivity index (χ2v) is 5.95. The molecule has 0 spiro atoms. The number of ether oxygens (including phenoxy) is 3. The van der Waals surface area contributed by atoms with Crippen LogP contribution in [0.15, 0.2) is 30.3 Å². The lowest BCUT2D eigenvalue weighted by atomic mass is 10.1. The van der Waals surface area contributed by atoms with Crippen molar-refractivity contribution in [3.63, 3.8) is 0 Å². The molecule has 0 aromatic heterocycles. The first-order chi connectivity index (χ1) is 12.9. The smallest absolute Gasteiger partial charge is 0.340 e. The topological polar surface area (TPSA) is 85.9 Å². The zero-order valence-electron chi connectivity index (χ0n) is 16.1. The van der Waals surface area contributed by atoms with Gasteiger partial charge < -0.3 is 24.8 Å². The second-order valence-electron chi connectivity index (χ2n) is 5.95. The van der Waals surface area contributed by atoms with E-state index in [1.54, 1.807) is 6.07 Å². The Labute approximate surface area is 158 Å². The molecular weight excluding hydrogens is 348 g/mol. The molecule has 0 heterocycles. The van der Waals surface area contributed by atoms with Gasteiger partial charge in [-0.2, -0.15) is 0 Å². The van der Waals surface area contributed by atoms with Crippen molar-refractivity contribution < 1.29 is 23.8 Å². The largest absolute Gasteiger partial charge is 0.493 e. The molecule has 7 nitrogen and oxygen atoms in total. The van der Waals surface area contributed by atoms with E-state index < -0.39 is 5.97 Å². The van der Waals surface area contributed by atoms with Crippen molar-refractivity contribution in [3.05, 3.63) is 47.0 Å². The van der Waals surface area contributed by atoms with Crippen LogP contribution < -0.4 is 20.1 Å².